The summed E-state index contributed by atoms with van der Waals surface area (Å²) in [6.07, 6.45) is 1.13. The van der Waals surface area contributed by atoms with Crippen molar-refractivity contribution in [1.29, 1.82) is 0 Å². The number of pyridine rings is 1. The lowest BCUT2D eigenvalue weighted by atomic mass is 9.95. The van der Waals surface area contributed by atoms with Gasteiger partial charge >= 0.3 is 6.09 Å². The summed E-state index contributed by atoms with van der Waals surface area (Å²) in [5.74, 6) is -0.700. The van der Waals surface area contributed by atoms with Crippen LogP contribution in [0.1, 0.15) is 25.1 Å². The zero-order valence-electron chi connectivity index (χ0n) is 14.4. The molecule has 6 heteroatoms. The van der Waals surface area contributed by atoms with Gasteiger partial charge in [0.2, 0.25) is 0 Å². The van der Waals surface area contributed by atoms with Crippen molar-refractivity contribution >= 4 is 6.09 Å². The first-order chi connectivity index (χ1) is 12.0. The Balaban J connectivity index is 1.71. The predicted octanol–water partition coefficient (Wildman–Crippen LogP) is 2.99. The fraction of sp³-hybridized carbons (Fsp3) is 0.368. The molecule has 3 rings (SSSR count). The summed E-state index contributed by atoms with van der Waals surface area (Å²) in [6, 6.07) is 15.0. The smallest absolute Gasteiger partial charge is 0.408 e. The molecule has 0 saturated carbocycles. The third-order valence-corrected chi connectivity index (χ3v) is 4.04. The number of aromatic nitrogens is 1. The van der Waals surface area contributed by atoms with E-state index >= 15 is 0 Å². The van der Waals surface area contributed by atoms with Crippen molar-refractivity contribution in [3.05, 3.63) is 66.0 Å². The number of carbonyl (C=O) groups is 1. The SMILES string of the molecule is CC1(C)OCC(NC(=O)OCc2ccccc2)(c2ccccn2)CO1. The average molecular weight is 342 g/mol. The van der Waals surface area contributed by atoms with Gasteiger partial charge in [-0.25, -0.2) is 4.79 Å². The van der Waals surface area contributed by atoms with Crippen LogP contribution in [0.2, 0.25) is 0 Å². The topological polar surface area (TPSA) is 69.7 Å². The van der Waals surface area contributed by atoms with Gasteiger partial charge in [0.25, 0.3) is 0 Å². The van der Waals surface area contributed by atoms with E-state index in [0.717, 1.165) is 5.56 Å². The Bertz CT molecular complexity index is 694. The number of benzene rings is 1. The van der Waals surface area contributed by atoms with Crippen LogP contribution in [0.3, 0.4) is 0 Å². The van der Waals surface area contributed by atoms with E-state index in [1.807, 2.05) is 62.4 Å². The van der Waals surface area contributed by atoms with Gasteiger partial charge in [0.15, 0.2) is 5.79 Å². The molecule has 0 aliphatic carbocycles. The fourth-order valence-electron chi connectivity index (χ4n) is 2.56. The Kier molecular flexibility index (Phi) is 5.01. The molecule has 1 aromatic carbocycles. The average Bonchev–Trinajstić information content (AvgIpc) is 2.64. The minimum absolute atomic E-state index is 0.193. The molecular weight excluding hydrogens is 320 g/mol. The first kappa shape index (κ1) is 17.4. The maximum atomic E-state index is 12.4. The maximum absolute atomic E-state index is 12.4. The van der Waals surface area contributed by atoms with Gasteiger partial charge in [0.1, 0.15) is 12.1 Å². The van der Waals surface area contributed by atoms with E-state index in [2.05, 4.69) is 10.3 Å². The Morgan fingerprint density at radius 2 is 1.80 bits per heavy atom. The molecule has 25 heavy (non-hydrogen) atoms. The lowest BCUT2D eigenvalue weighted by Gasteiger charge is -2.43. The number of alkyl carbamates (subject to hydrolysis) is 1. The van der Waals surface area contributed by atoms with Crippen LogP contribution in [-0.2, 0) is 26.4 Å². The van der Waals surface area contributed by atoms with Gasteiger partial charge in [-0.2, -0.15) is 0 Å². The van der Waals surface area contributed by atoms with E-state index in [0.29, 0.717) is 5.69 Å². The molecule has 1 amide bonds. The Morgan fingerprint density at radius 1 is 1.12 bits per heavy atom. The number of carbonyl (C=O) groups excluding carboxylic acids is 1. The zero-order valence-corrected chi connectivity index (χ0v) is 14.4. The number of nitrogens with zero attached hydrogens (tertiary/aromatic N) is 1. The van der Waals surface area contributed by atoms with Crippen LogP contribution in [-0.4, -0.2) is 30.1 Å². The Hall–Kier alpha value is -2.44. The first-order valence-corrected chi connectivity index (χ1v) is 8.17. The lowest BCUT2D eigenvalue weighted by Crippen LogP contribution is -2.59. The molecule has 1 N–H and O–H groups in total. The quantitative estimate of drug-likeness (QED) is 0.925. The molecule has 1 saturated heterocycles. The van der Waals surface area contributed by atoms with E-state index < -0.39 is 17.4 Å². The van der Waals surface area contributed by atoms with Crippen molar-refractivity contribution in [2.45, 2.75) is 31.8 Å². The molecule has 2 aromatic rings. The second-order valence-corrected chi connectivity index (χ2v) is 6.46. The molecule has 132 valence electrons. The summed E-state index contributed by atoms with van der Waals surface area (Å²) in [7, 11) is 0. The largest absolute Gasteiger partial charge is 0.445 e. The van der Waals surface area contributed by atoms with Crippen LogP contribution in [0.5, 0.6) is 0 Å². The fourth-order valence-corrected chi connectivity index (χ4v) is 2.56. The maximum Gasteiger partial charge on any atom is 0.408 e. The molecule has 1 fully saturated rings. The van der Waals surface area contributed by atoms with Crippen LogP contribution in [0.15, 0.2) is 54.7 Å². The number of nitrogens with one attached hydrogen (secondary N) is 1. The zero-order chi connectivity index (χ0) is 17.8. The van der Waals surface area contributed by atoms with Crippen molar-refractivity contribution in [1.82, 2.24) is 10.3 Å². The molecule has 1 aliphatic heterocycles. The molecule has 2 heterocycles. The van der Waals surface area contributed by atoms with Crippen molar-refractivity contribution in [2.75, 3.05) is 13.2 Å². The second-order valence-electron chi connectivity index (χ2n) is 6.46. The standard InChI is InChI=1S/C19H22N2O4/c1-18(2)24-13-19(14-25-18,16-10-6-7-11-20-16)21-17(22)23-12-15-8-4-3-5-9-15/h3-11H,12-14H2,1-2H3,(H,21,22). The van der Waals surface area contributed by atoms with Crippen molar-refractivity contribution in [3.63, 3.8) is 0 Å². The molecule has 0 unspecified atom stereocenters. The number of hydrogen-bond donors (Lipinski definition) is 1. The highest BCUT2D eigenvalue weighted by atomic mass is 16.7. The normalized spacial score (nSPS) is 18.3. The molecular formula is C19H22N2O4. The number of ether oxygens (including phenoxy) is 3. The van der Waals surface area contributed by atoms with Gasteiger partial charge in [0, 0.05) is 6.20 Å². The Morgan fingerprint density at radius 3 is 2.44 bits per heavy atom. The molecule has 6 nitrogen and oxygen atoms in total. The molecule has 0 radical (unpaired) electrons. The summed E-state index contributed by atoms with van der Waals surface area (Å²) >= 11 is 0. The Labute approximate surface area is 147 Å². The van der Waals surface area contributed by atoms with Crippen molar-refractivity contribution in [3.8, 4) is 0 Å². The third kappa shape index (κ3) is 4.35. The van der Waals surface area contributed by atoms with Crippen LogP contribution in [0.25, 0.3) is 0 Å². The van der Waals surface area contributed by atoms with Gasteiger partial charge in [-0.1, -0.05) is 36.4 Å². The summed E-state index contributed by atoms with van der Waals surface area (Å²) in [5, 5.41) is 2.88. The molecule has 1 aliphatic rings. The van der Waals surface area contributed by atoms with Gasteiger partial charge in [0.05, 0.1) is 18.9 Å². The highest BCUT2D eigenvalue weighted by Crippen LogP contribution is 2.30. The van der Waals surface area contributed by atoms with E-state index in [1.165, 1.54) is 0 Å². The van der Waals surface area contributed by atoms with Crippen LogP contribution in [0, 0.1) is 0 Å². The second kappa shape index (κ2) is 7.21. The summed E-state index contributed by atoms with van der Waals surface area (Å²) in [4.78, 5) is 16.7. The van der Waals surface area contributed by atoms with E-state index in [9.17, 15) is 4.79 Å². The number of rotatable bonds is 4. The van der Waals surface area contributed by atoms with E-state index in [1.54, 1.807) is 6.20 Å². The summed E-state index contributed by atoms with van der Waals surface area (Å²) < 4.78 is 16.9. The minimum Gasteiger partial charge on any atom is -0.445 e. The first-order valence-electron chi connectivity index (χ1n) is 8.17. The van der Waals surface area contributed by atoms with Crippen LogP contribution in [0.4, 0.5) is 4.79 Å². The monoisotopic (exact) mass is 342 g/mol. The van der Waals surface area contributed by atoms with Gasteiger partial charge in [-0.15, -0.1) is 0 Å². The molecule has 1 aromatic heterocycles. The van der Waals surface area contributed by atoms with Gasteiger partial charge in [-0.05, 0) is 31.5 Å². The van der Waals surface area contributed by atoms with E-state index in [4.69, 9.17) is 14.2 Å². The highest BCUT2D eigenvalue weighted by molar-refractivity contribution is 5.68. The minimum atomic E-state index is -0.884. The van der Waals surface area contributed by atoms with Crippen molar-refractivity contribution < 1.29 is 19.0 Å². The van der Waals surface area contributed by atoms with Gasteiger partial charge in [-0.3, -0.25) is 4.98 Å². The van der Waals surface area contributed by atoms with E-state index in [-0.39, 0.29) is 19.8 Å². The highest BCUT2D eigenvalue weighted by Gasteiger charge is 2.44. The van der Waals surface area contributed by atoms with Crippen molar-refractivity contribution in [2.24, 2.45) is 0 Å². The molecule has 0 spiro atoms. The predicted molar refractivity (Wildman–Crippen MR) is 91.7 cm³/mol. The number of amides is 1. The summed E-state index contributed by atoms with van der Waals surface area (Å²) in [5.41, 5.74) is 0.703. The summed E-state index contributed by atoms with van der Waals surface area (Å²) in [6.45, 7) is 4.36. The van der Waals surface area contributed by atoms with Gasteiger partial charge < -0.3 is 19.5 Å². The third-order valence-electron chi connectivity index (χ3n) is 4.04. The van der Waals surface area contributed by atoms with Crippen LogP contribution < -0.4 is 5.32 Å². The number of hydrogen-bond acceptors (Lipinski definition) is 5. The lowest BCUT2D eigenvalue weighted by molar-refractivity contribution is -0.273. The molecule has 0 bridgehead atoms. The van der Waals surface area contributed by atoms with Crippen LogP contribution >= 0.6 is 0 Å². The molecule has 0 atom stereocenters.